The largest absolute Gasteiger partial charge is 0.352 e. The van der Waals surface area contributed by atoms with E-state index in [1.165, 1.54) is 6.33 Å². The number of likely N-dealkylation sites (N-methyl/N-ethyl adjacent to an activating group) is 1. The van der Waals surface area contributed by atoms with Crippen LogP contribution in [0.1, 0.15) is 38.4 Å². The summed E-state index contributed by atoms with van der Waals surface area (Å²) in [6, 6.07) is 12.5. The zero-order valence-electron chi connectivity index (χ0n) is 20.0. The van der Waals surface area contributed by atoms with E-state index in [1.54, 1.807) is 30.6 Å². The van der Waals surface area contributed by atoms with Crippen LogP contribution < -0.4 is 10.6 Å². The Labute approximate surface area is 205 Å². The molecule has 0 atom stereocenters. The first-order chi connectivity index (χ1) is 17.1. The molecule has 1 aliphatic rings. The van der Waals surface area contributed by atoms with Gasteiger partial charge in [-0.3, -0.25) is 14.6 Å². The molecule has 0 spiro atoms. The zero-order valence-corrected chi connectivity index (χ0v) is 20.0. The van der Waals surface area contributed by atoms with Gasteiger partial charge in [-0.1, -0.05) is 12.1 Å². The summed E-state index contributed by atoms with van der Waals surface area (Å²) in [7, 11) is 2.15. The Morgan fingerprint density at radius 1 is 0.943 bits per heavy atom. The number of aromatic nitrogens is 3. The third-order valence-electron chi connectivity index (χ3n) is 6.01. The van der Waals surface area contributed by atoms with Crippen molar-refractivity contribution in [2.45, 2.75) is 12.8 Å². The van der Waals surface area contributed by atoms with Gasteiger partial charge in [0.25, 0.3) is 11.8 Å². The van der Waals surface area contributed by atoms with Gasteiger partial charge < -0.3 is 20.4 Å². The van der Waals surface area contributed by atoms with Gasteiger partial charge in [-0.25, -0.2) is 9.97 Å². The number of carbonyl (C=O) groups is 2. The van der Waals surface area contributed by atoms with Gasteiger partial charge in [0.2, 0.25) is 0 Å². The van der Waals surface area contributed by atoms with E-state index in [0.29, 0.717) is 29.9 Å². The minimum atomic E-state index is -0.247. The molecule has 0 aliphatic carbocycles. The lowest BCUT2D eigenvalue weighted by Gasteiger charge is -2.32. The Kier molecular flexibility index (Phi) is 8.48. The first-order valence-electron chi connectivity index (χ1n) is 11.9. The molecule has 4 rings (SSSR count). The third-order valence-corrected chi connectivity index (χ3v) is 6.01. The first kappa shape index (κ1) is 24.4. The van der Waals surface area contributed by atoms with E-state index < -0.39 is 0 Å². The van der Waals surface area contributed by atoms with Crippen molar-refractivity contribution in [2.24, 2.45) is 0 Å². The van der Waals surface area contributed by atoms with Gasteiger partial charge in [-0.2, -0.15) is 0 Å². The molecule has 9 heteroatoms. The first-order valence-corrected chi connectivity index (χ1v) is 11.9. The predicted molar refractivity (Wildman–Crippen MR) is 134 cm³/mol. The number of anilines is 1. The van der Waals surface area contributed by atoms with Crippen LogP contribution in [-0.4, -0.2) is 82.9 Å². The second-order valence-corrected chi connectivity index (χ2v) is 8.72. The maximum atomic E-state index is 12.6. The van der Waals surface area contributed by atoms with Gasteiger partial charge in [-0.05, 0) is 55.9 Å². The quantitative estimate of drug-likeness (QED) is 0.459. The average Bonchev–Trinajstić information content (AvgIpc) is 2.88. The lowest BCUT2D eigenvalue weighted by molar-refractivity contribution is 0.0948. The van der Waals surface area contributed by atoms with E-state index in [2.05, 4.69) is 42.4 Å². The van der Waals surface area contributed by atoms with Crippen molar-refractivity contribution in [3.8, 4) is 0 Å². The minimum Gasteiger partial charge on any atom is -0.352 e. The molecule has 35 heavy (non-hydrogen) atoms. The van der Waals surface area contributed by atoms with Crippen molar-refractivity contribution in [1.29, 1.82) is 0 Å². The van der Waals surface area contributed by atoms with Gasteiger partial charge in [0.1, 0.15) is 12.1 Å². The molecule has 0 bridgehead atoms. The second-order valence-electron chi connectivity index (χ2n) is 8.72. The molecule has 2 N–H and O–H groups in total. The number of hydrogen-bond acceptors (Lipinski definition) is 7. The highest BCUT2D eigenvalue weighted by molar-refractivity contribution is 6.03. The number of rotatable bonds is 9. The van der Waals surface area contributed by atoms with Crippen molar-refractivity contribution < 1.29 is 9.59 Å². The standard InChI is InChI=1S/C26H31N7O2/c1-32-12-14-33(15-13-32)11-3-8-29-25(34)22-6-10-28-23(18-22)17-20-4-2-5-21(16-20)26(35)31-24-7-9-27-19-30-24/h2,4-7,9-10,16,18-19H,3,8,11-15,17H2,1H3,(H,29,34)(H,27,30,31,35). The summed E-state index contributed by atoms with van der Waals surface area (Å²) in [5.74, 6) is 0.104. The Hall–Kier alpha value is -3.69. The van der Waals surface area contributed by atoms with Crippen LogP contribution in [0.2, 0.25) is 0 Å². The van der Waals surface area contributed by atoms with Crippen LogP contribution in [0.4, 0.5) is 5.82 Å². The average molecular weight is 474 g/mol. The Bertz CT molecular complexity index is 1130. The summed E-state index contributed by atoms with van der Waals surface area (Å²) in [6.45, 7) is 6.01. The molecular formula is C26H31N7O2. The molecule has 1 saturated heterocycles. The smallest absolute Gasteiger partial charge is 0.256 e. The lowest BCUT2D eigenvalue weighted by Crippen LogP contribution is -2.45. The molecule has 2 aromatic heterocycles. The number of amides is 2. The van der Waals surface area contributed by atoms with Gasteiger partial charge in [0, 0.05) is 68.4 Å². The molecule has 2 amide bonds. The van der Waals surface area contributed by atoms with E-state index >= 15 is 0 Å². The van der Waals surface area contributed by atoms with Gasteiger partial charge in [0.15, 0.2) is 0 Å². The summed E-state index contributed by atoms with van der Waals surface area (Å²) in [5.41, 5.74) is 2.81. The predicted octanol–water partition coefficient (Wildman–Crippen LogP) is 2.08. The number of benzene rings is 1. The highest BCUT2D eigenvalue weighted by Gasteiger charge is 2.14. The van der Waals surface area contributed by atoms with Crippen LogP contribution in [-0.2, 0) is 6.42 Å². The summed E-state index contributed by atoms with van der Waals surface area (Å²) in [4.78, 5) is 42.3. The minimum absolute atomic E-state index is 0.0926. The number of nitrogens with zero attached hydrogens (tertiary/aromatic N) is 5. The van der Waals surface area contributed by atoms with Crippen LogP contribution in [0.3, 0.4) is 0 Å². The van der Waals surface area contributed by atoms with Gasteiger partial charge in [0.05, 0.1) is 0 Å². The molecule has 182 valence electrons. The van der Waals surface area contributed by atoms with Crippen molar-refractivity contribution in [2.75, 3.05) is 51.6 Å². The Morgan fingerprint density at radius 2 is 1.77 bits per heavy atom. The fourth-order valence-electron chi connectivity index (χ4n) is 3.98. The summed E-state index contributed by atoms with van der Waals surface area (Å²) in [5, 5.41) is 5.78. The molecule has 0 radical (unpaired) electrons. The van der Waals surface area contributed by atoms with Crippen LogP contribution in [0.25, 0.3) is 0 Å². The molecule has 1 fully saturated rings. The zero-order chi connectivity index (χ0) is 24.5. The van der Waals surface area contributed by atoms with E-state index in [-0.39, 0.29) is 11.8 Å². The van der Waals surface area contributed by atoms with Crippen LogP contribution in [0, 0.1) is 0 Å². The molecule has 3 heterocycles. The second kappa shape index (κ2) is 12.1. The number of nitrogens with one attached hydrogen (secondary N) is 2. The topological polar surface area (TPSA) is 103 Å². The lowest BCUT2D eigenvalue weighted by atomic mass is 10.0. The normalized spacial score (nSPS) is 14.4. The van der Waals surface area contributed by atoms with E-state index in [0.717, 1.165) is 50.4 Å². The molecule has 1 aliphatic heterocycles. The highest BCUT2D eigenvalue weighted by Crippen LogP contribution is 2.13. The Morgan fingerprint density at radius 3 is 2.57 bits per heavy atom. The van der Waals surface area contributed by atoms with E-state index in [4.69, 9.17) is 0 Å². The SMILES string of the molecule is CN1CCN(CCCNC(=O)c2ccnc(Cc3cccc(C(=O)Nc4ccncn4)c3)c2)CC1. The van der Waals surface area contributed by atoms with Crippen molar-refractivity contribution in [3.05, 3.63) is 83.6 Å². The van der Waals surface area contributed by atoms with Crippen LogP contribution in [0.15, 0.2) is 61.2 Å². The number of carbonyl (C=O) groups excluding carboxylic acids is 2. The van der Waals surface area contributed by atoms with Crippen LogP contribution in [0.5, 0.6) is 0 Å². The molecular weight excluding hydrogens is 442 g/mol. The van der Waals surface area contributed by atoms with Crippen molar-refractivity contribution in [1.82, 2.24) is 30.1 Å². The van der Waals surface area contributed by atoms with Crippen molar-refractivity contribution >= 4 is 17.6 Å². The summed E-state index contributed by atoms with van der Waals surface area (Å²) in [6.07, 6.45) is 6.05. The fraction of sp³-hybridized carbons (Fsp3) is 0.346. The number of hydrogen-bond donors (Lipinski definition) is 2. The molecule has 1 aromatic carbocycles. The molecule has 3 aromatic rings. The summed E-state index contributed by atoms with van der Waals surface area (Å²) < 4.78 is 0. The van der Waals surface area contributed by atoms with E-state index in [9.17, 15) is 9.59 Å². The molecule has 9 nitrogen and oxygen atoms in total. The third kappa shape index (κ3) is 7.40. The van der Waals surface area contributed by atoms with Gasteiger partial charge in [-0.15, -0.1) is 0 Å². The monoisotopic (exact) mass is 473 g/mol. The molecule has 0 saturated carbocycles. The maximum absolute atomic E-state index is 12.6. The maximum Gasteiger partial charge on any atom is 0.256 e. The molecule has 0 unspecified atom stereocenters. The van der Waals surface area contributed by atoms with Crippen molar-refractivity contribution in [3.63, 3.8) is 0 Å². The number of pyridine rings is 1. The summed E-state index contributed by atoms with van der Waals surface area (Å²) >= 11 is 0. The van der Waals surface area contributed by atoms with E-state index in [1.807, 2.05) is 24.3 Å². The number of piperazine rings is 1. The fourth-order valence-corrected chi connectivity index (χ4v) is 3.98. The van der Waals surface area contributed by atoms with Gasteiger partial charge >= 0.3 is 0 Å². The Balaban J connectivity index is 1.29. The van der Waals surface area contributed by atoms with Crippen LogP contribution >= 0.6 is 0 Å². The highest BCUT2D eigenvalue weighted by atomic mass is 16.2.